The molecule has 23 heavy (non-hydrogen) atoms. The number of sulfone groups is 1. The van der Waals surface area contributed by atoms with Gasteiger partial charge in [-0.15, -0.1) is 0 Å². The van der Waals surface area contributed by atoms with Crippen molar-refractivity contribution in [1.29, 1.82) is 0 Å². The van der Waals surface area contributed by atoms with E-state index in [4.69, 9.17) is 4.42 Å². The number of amides is 1. The number of nitrogens with one attached hydrogen (secondary N) is 1. The molecule has 0 saturated carbocycles. The van der Waals surface area contributed by atoms with Crippen LogP contribution in [0.15, 0.2) is 29.0 Å². The van der Waals surface area contributed by atoms with Crippen LogP contribution in [-0.4, -0.2) is 35.6 Å². The van der Waals surface area contributed by atoms with Crippen molar-refractivity contribution in [3.63, 3.8) is 0 Å². The summed E-state index contributed by atoms with van der Waals surface area (Å²) in [6, 6.07) is 3.08. The van der Waals surface area contributed by atoms with Gasteiger partial charge in [-0.05, 0) is 18.9 Å². The van der Waals surface area contributed by atoms with Crippen LogP contribution in [0.4, 0.5) is 5.82 Å². The highest BCUT2D eigenvalue weighted by atomic mass is 32.2. The topological polar surface area (TPSA) is 94.2 Å². The van der Waals surface area contributed by atoms with E-state index < -0.39 is 9.84 Å². The lowest BCUT2D eigenvalue weighted by Crippen LogP contribution is -2.20. The Balaban J connectivity index is 1.78. The third-order valence-corrected chi connectivity index (χ3v) is 5.68. The molecule has 1 atom stereocenters. The largest absolute Gasteiger partial charge is 0.469 e. The Kier molecular flexibility index (Phi) is 4.25. The standard InChI is InChI=1S/C15H19N3O4S/c1-2-3-13-12(5-8-22-13)15(19)17-14-4-7-16-18(14)11-6-9-23(20,21)10-11/h4-5,7-8,11H,2-3,6,9-10H2,1H3,(H,17,19)/t11-/m0/s1. The Morgan fingerprint density at radius 1 is 1.48 bits per heavy atom. The van der Waals surface area contributed by atoms with E-state index in [0.29, 0.717) is 30.0 Å². The first kappa shape index (κ1) is 15.8. The van der Waals surface area contributed by atoms with Gasteiger partial charge in [0.2, 0.25) is 0 Å². The van der Waals surface area contributed by atoms with Crippen molar-refractivity contribution < 1.29 is 17.6 Å². The summed E-state index contributed by atoms with van der Waals surface area (Å²) in [6.45, 7) is 2.01. The van der Waals surface area contributed by atoms with E-state index >= 15 is 0 Å². The number of furan rings is 1. The third kappa shape index (κ3) is 3.31. The Labute approximate surface area is 134 Å². The van der Waals surface area contributed by atoms with Gasteiger partial charge in [-0.2, -0.15) is 5.10 Å². The van der Waals surface area contributed by atoms with E-state index in [9.17, 15) is 13.2 Å². The number of anilines is 1. The van der Waals surface area contributed by atoms with Crippen molar-refractivity contribution in [2.45, 2.75) is 32.2 Å². The molecule has 1 fully saturated rings. The highest BCUT2D eigenvalue weighted by Gasteiger charge is 2.31. The zero-order chi connectivity index (χ0) is 16.4. The van der Waals surface area contributed by atoms with E-state index in [1.54, 1.807) is 23.0 Å². The van der Waals surface area contributed by atoms with Gasteiger partial charge < -0.3 is 9.73 Å². The van der Waals surface area contributed by atoms with Crippen LogP contribution < -0.4 is 5.32 Å². The summed E-state index contributed by atoms with van der Waals surface area (Å²) in [5, 5.41) is 6.97. The number of aromatic nitrogens is 2. The fourth-order valence-electron chi connectivity index (χ4n) is 2.82. The highest BCUT2D eigenvalue weighted by Crippen LogP contribution is 2.26. The van der Waals surface area contributed by atoms with Crippen LogP contribution in [0, 0.1) is 0 Å². The molecule has 124 valence electrons. The Bertz CT molecular complexity index is 806. The molecule has 3 heterocycles. The Morgan fingerprint density at radius 2 is 2.30 bits per heavy atom. The number of carbonyl (C=O) groups excluding carboxylic acids is 1. The van der Waals surface area contributed by atoms with Gasteiger partial charge in [0, 0.05) is 12.5 Å². The molecule has 0 bridgehead atoms. The van der Waals surface area contributed by atoms with Crippen LogP contribution in [0.2, 0.25) is 0 Å². The van der Waals surface area contributed by atoms with E-state index in [2.05, 4.69) is 10.4 Å². The summed E-state index contributed by atoms with van der Waals surface area (Å²) >= 11 is 0. The molecule has 1 saturated heterocycles. The van der Waals surface area contributed by atoms with Crippen molar-refractivity contribution in [2.24, 2.45) is 0 Å². The minimum absolute atomic E-state index is 0.0599. The number of aryl methyl sites for hydroxylation is 1. The number of hydrogen-bond acceptors (Lipinski definition) is 5. The van der Waals surface area contributed by atoms with Crippen LogP contribution in [0.5, 0.6) is 0 Å². The first-order chi connectivity index (χ1) is 11.0. The first-order valence-electron chi connectivity index (χ1n) is 7.62. The fraction of sp³-hybridized carbons (Fsp3) is 0.467. The van der Waals surface area contributed by atoms with Gasteiger partial charge in [-0.3, -0.25) is 4.79 Å². The summed E-state index contributed by atoms with van der Waals surface area (Å²) in [4.78, 5) is 12.4. The van der Waals surface area contributed by atoms with Crippen LogP contribution in [-0.2, 0) is 16.3 Å². The maximum atomic E-state index is 12.4. The van der Waals surface area contributed by atoms with Gasteiger partial charge in [0.15, 0.2) is 9.84 Å². The van der Waals surface area contributed by atoms with Gasteiger partial charge in [0.1, 0.15) is 11.6 Å². The first-order valence-corrected chi connectivity index (χ1v) is 9.44. The summed E-state index contributed by atoms with van der Waals surface area (Å²) in [7, 11) is -3.01. The minimum Gasteiger partial charge on any atom is -0.469 e. The molecule has 3 rings (SSSR count). The van der Waals surface area contributed by atoms with Crippen molar-refractivity contribution in [2.75, 3.05) is 16.8 Å². The maximum absolute atomic E-state index is 12.4. The molecule has 1 amide bonds. The van der Waals surface area contributed by atoms with Gasteiger partial charge in [-0.1, -0.05) is 6.92 Å². The average Bonchev–Trinajstić information content (AvgIpc) is 3.19. The van der Waals surface area contributed by atoms with Crippen LogP contribution in [0.1, 0.15) is 41.9 Å². The molecule has 2 aromatic rings. The quantitative estimate of drug-likeness (QED) is 0.901. The molecule has 0 unspecified atom stereocenters. The SMILES string of the molecule is CCCc1occc1C(=O)Nc1ccnn1[C@H]1CCS(=O)(=O)C1. The minimum atomic E-state index is -3.01. The van der Waals surface area contributed by atoms with Crippen molar-refractivity contribution in [3.8, 4) is 0 Å². The zero-order valence-corrected chi connectivity index (χ0v) is 13.7. The third-order valence-electron chi connectivity index (χ3n) is 3.93. The molecular formula is C15H19N3O4S. The van der Waals surface area contributed by atoms with E-state index in [0.717, 1.165) is 6.42 Å². The fourth-order valence-corrected chi connectivity index (χ4v) is 4.51. The normalized spacial score (nSPS) is 19.8. The van der Waals surface area contributed by atoms with E-state index in [-0.39, 0.29) is 23.5 Å². The number of hydrogen-bond donors (Lipinski definition) is 1. The lowest BCUT2D eigenvalue weighted by atomic mass is 10.1. The molecule has 0 radical (unpaired) electrons. The Morgan fingerprint density at radius 3 is 3.00 bits per heavy atom. The predicted molar refractivity (Wildman–Crippen MR) is 85.2 cm³/mol. The smallest absolute Gasteiger partial charge is 0.260 e. The predicted octanol–water partition coefficient (Wildman–Crippen LogP) is 2.04. The second-order valence-corrected chi connectivity index (χ2v) is 7.91. The molecular weight excluding hydrogens is 318 g/mol. The van der Waals surface area contributed by atoms with Gasteiger partial charge >= 0.3 is 0 Å². The molecule has 0 aromatic carbocycles. The van der Waals surface area contributed by atoms with E-state index in [1.807, 2.05) is 6.92 Å². The van der Waals surface area contributed by atoms with Crippen LogP contribution >= 0.6 is 0 Å². The molecule has 1 aliphatic heterocycles. The second kappa shape index (κ2) is 6.19. The maximum Gasteiger partial charge on any atom is 0.260 e. The number of nitrogens with zero attached hydrogens (tertiary/aromatic N) is 2. The van der Waals surface area contributed by atoms with Gasteiger partial charge in [-0.25, -0.2) is 13.1 Å². The monoisotopic (exact) mass is 337 g/mol. The molecule has 1 aliphatic rings. The molecule has 0 aliphatic carbocycles. The lowest BCUT2D eigenvalue weighted by Gasteiger charge is -2.13. The molecule has 1 N–H and O–H groups in total. The summed E-state index contributed by atoms with van der Waals surface area (Å²) in [6.07, 6.45) is 5.14. The summed E-state index contributed by atoms with van der Waals surface area (Å²) in [5.74, 6) is 1.10. The number of carbonyl (C=O) groups is 1. The lowest BCUT2D eigenvalue weighted by molar-refractivity contribution is 0.102. The molecule has 0 spiro atoms. The van der Waals surface area contributed by atoms with Gasteiger partial charge in [0.05, 0.1) is 35.6 Å². The van der Waals surface area contributed by atoms with Crippen molar-refractivity contribution >= 4 is 21.6 Å². The zero-order valence-electron chi connectivity index (χ0n) is 12.9. The van der Waals surface area contributed by atoms with Crippen LogP contribution in [0.25, 0.3) is 0 Å². The summed E-state index contributed by atoms with van der Waals surface area (Å²) < 4.78 is 30.2. The average molecular weight is 337 g/mol. The second-order valence-electron chi connectivity index (χ2n) is 5.68. The van der Waals surface area contributed by atoms with Crippen molar-refractivity contribution in [1.82, 2.24) is 9.78 Å². The van der Waals surface area contributed by atoms with Crippen LogP contribution in [0.3, 0.4) is 0 Å². The molecule has 2 aromatic heterocycles. The number of rotatable bonds is 5. The van der Waals surface area contributed by atoms with Gasteiger partial charge in [0.25, 0.3) is 5.91 Å². The molecule has 7 nitrogen and oxygen atoms in total. The molecule has 8 heteroatoms. The summed E-state index contributed by atoms with van der Waals surface area (Å²) in [5.41, 5.74) is 0.499. The Hall–Kier alpha value is -2.09. The van der Waals surface area contributed by atoms with E-state index in [1.165, 1.54) is 6.26 Å². The highest BCUT2D eigenvalue weighted by molar-refractivity contribution is 7.91. The van der Waals surface area contributed by atoms with Crippen molar-refractivity contribution in [3.05, 3.63) is 35.9 Å².